The maximum atomic E-state index is 5.87. The number of rotatable bonds is 8. The molecular weight excluding hydrogens is 198 g/mol. The Bertz CT molecular complexity index is 197. The highest BCUT2D eigenvalue weighted by Crippen LogP contribution is 2.08. The van der Waals surface area contributed by atoms with Crippen LogP contribution in [0.15, 0.2) is 11.9 Å². The predicted molar refractivity (Wildman–Crippen MR) is 71.3 cm³/mol. The number of allylic oxidation sites excluding steroid dienone is 1. The van der Waals surface area contributed by atoms with Crippen LogP contribution in [0.3, 0.4) is 0 Å². The van der Waals surface area contributed by atoms with E-state index in [0.29, 0.717) is 5.92 Å². The summed E-state index contributed by atoms with van der Waals surface area (Å²) in [6, 6.07) is 0. The third-order valence-corrected chi connectivity index (χ3v) is 2.42. The molecule has 0 aliphatic heterocycles. The average molecular weight is 227 g/mol. The molecule has 0 saturated heterocycles. The van der Waals surface area contributed by atoms with Gasteiger partial charge in [0.15, 0.2) is 0 Å². The van der Waals surface area contributed by atoms with Gasteiger partial charge in [-0.1, -0.05) is 40.5 Å². The van der Waals surface area contributed by atoms with Crippen molar-refractivity contribution in [3.05, 3.63) is 11.9 Å². The Morgan fingerprint density at radius 1 is 1.12 bits per heavy atom. The first-order valence-electron chi connectivity index (χ1n) is 6.39. The van der Waals surface area contributed by atoms with Crippen molar-refractivity contribution >= 4 is 0 Å². The molecule has 0 atom stereocenters. The van der Waals surface area contributed by atoms with Crippen molar-refractivity contribution in [2.75, 3.05) is 6.54 Å². The first-order valence-corrected chi connectivity index (χ1v) is 6.39. The summed E-state index contributed by atoms with van der Waals surface area (Å²) < 4.78 is 0. The highest BCUT2D eigenvalue weighted by molar-refractivity contribution is 4.95. The Labute approximate surface area is 101 Å². The van der Waals surface area contributed by atoms with Gasteiger partial charge < -0.3 is 10.7 Å². The summed E-state index contributed by atoms with van der Waals surface area (Å²) in [6.07, 6.45) is 6.44. The summed E-state index contributed by atoms with van der Waals surface area (Å²) in [5.41, 5.74) is 6.74. The molecule has 0 radical (unpaired) electrons. The first kappa shape index (κ1) is 15.3. The number of hydrogen-bond acceptors (Lipinski definition) is 3. The van der Waals surface area contributed by atoms with E-state index in [1.165, 1.54) is 12.8 Å². The molecular formula is C13H29N3. The van der Waals surface area contributed by atoms with Crippen LogP contribution in [0.2, 0.25) is 0 Å². The second kappa shape index (κ2) is 8.45. The average Bonchev–Trinajstić information content (AvgIpc) is 2.10. The summed E-state index contributed by atoms with van der Waals surface area (Å²) in [5, 5.41) is 1.72. The van der Waals surface area contributed by atoms with Crippen LogP contribution in [0.4, 0.5) is 0 Å². The summed E-state index contributed by atoms with van der Waals surface area (Å²) >= 11 is 0. The highest BCUT2D eigenvalue weighted by atomic mass is 15.4. The van der Waals surface area contributed by atoms with Gasteiger partial charge in [0.1, 0.15) is 0 Å². The zero-order chi connectivity index (χ0) is 12.6. The van der Waals surface area contributed by atoms with Crippen molar-refractivity contribution in [2.24, 2.45) is 23.4 Å². The van der Waals surface area contributed by atoms with Crippen molar-refractivity contribution in [1.29, 1.82) is 0 Å². The topological polar surface area (TPSA) is 55.3 Å². The molecule has 0 aliphatic carbocycles. The van der Waals surface area contributed by atoms with Crippen LogP contribution >= 0.6 is 0 Å². The Hall–Kier alpha value is -0.700. The standard InChI is InChI=1S/C13H29N3/c1-11(2)7-5-6-8-16(15)10-13(14)9-12(3)4/h10-12H,5-9,14-15H2,1-4H3/b13-10-. The molecule has 0 aromatic rings. The first-order chi connectivity index (χ1) is 7.41. The largest absolute Gasteiger partial charge is 0.401 e. The van der Waals surface area contributed by atoms with Gasteiger partial charge in [0.2, 0.25) is 0 Å². The fourth-order valence-corrected chi connectivity index (χ4v) is 1.65. The van der Waals surface area contributed by atoms with Crippen LogP contribution in [-0.4, -0.2) is 11.6 Å². The predicted octanol–water partition coefficient (Wildman–Crippen LogP) is 2.83. The molecule has 0 unspecified atom stereocenters. The summed E-state index contributed by atoms with van der Waals surface area (Å²) in [4.78, 5) is 0. The third kappa shape index (κ3) is 9.84. The molecule has 16 heavy (non-hydrogen) atoms. The zero-order valence-electron chi connectivity index (χ0n) is 11.4. The lowest BCUT2D eigenvalue weighted by Crippen LogP contribution is -2.27. The number of hydrazine groups is 1. The van der Waals surface area contributed by atoms with Crippen molar-refractivity contribution in [3.8, 4) is 0 Å². The Morgan fingerprint density at radius 3 is 2.25 bits per heavy atom. The molecule has 0 amide bonds. The number of hydrogen-bond donors (Lipinski definition) is 2. The minimum absolute atomic E-state index is 0.589. The fourth-order valence-electron chi connectivity index (χ4n) is 1.65. The number of unbranched alkanes of at least 4 members (excludes halogenated alkanes) is 1. The highest BCUT2D eigenvalue weighted by Gasteiger charge is 2.00. The molecule has 3 heteroatoms. The monoisotopic (exact) mass is 227 g/mol. The third-order valence-electron chi connectivity index (χ3n) is 2.42. The molecule has 0 heterocycles. The second-order valence-electron chi connectivity index (χ2n) is 5.43. The van der Waals surface area contributed by atoms with Gasteiger partial charge in [0.05, 0.1) is 0 Å². The van der Waals surface area contributed by atoms with Crippen LogP contribution in [0.25, 0.3) is 0 Å². The Kier molecular flexibility index (Phi) is 8.08. The van der Waals surface area contributed by atoms with E-state index in [2.05, 4.69) is 27.7 Å². The Balaban J connectivity index is 3.68. The molecule has 0 aromatic heterocycles. The van der Waals surface area contributed by atoms with E-state index in [1.807, 2.05) is 6.20 Å². The van der Waals surface area contributed by atoms with E-state index < -0.39 is 0 Å². The van der Waals surface area contributed by atoms with Gasteiger partial charge in [0.25, 0.3) is 0 Å². The van der Waals surface area contributed by atoms with Crippen molar-refractivity contribution in [2.45, 2.75) is 53.4 Å². The van der Waals surface area contributed by atoms with Crippen molar-refractivity contribution < 1.29 is 0 Å². The lowest BCUT2D eigenvalue weighted by Gasteiger charge is -2.16. The molecule has 3 nitrogen and oxygen atoms in total. The minimum atomic E-state index is 0.589. The molecule has 0 rings (SSSR count). The Morgan fingerprint density at radius 2 is 1.75 bits per heavy atom. The molecule has 96 valence electrons. The molecule has 4 N–H and O–H groups in total. The zero-order valence-corrected chi connectivity index (χ0v) is 11.4. The van der Waals surface area contributed by atoms with E-state index in [4.69, 9.17) is 11.6 Å². The molecule has 0 spiro atoms. The summed E-state index contributed by atoms with van der Waals surface area (Å²) in [6.45, 7) is 9.71. The lowest BCUT2D eigenvalue weighted by molar-refractivity contribution is 0.366. The van der Waals surface area contributed by atoms with Crippen molar-refractivity contribution in [1.82, 2.24) is 5.01 Å². The molecule has 0 aliphatic rings. The normalized spacial score (nSPS) is 12.6. The van der Waals surface area contributed by atoms with Gasteiger partial charge in [-0.2, -0.15) is 0 Å². The second-order valence-corrected chi connectivity index (χ2v) is 5.43. The maximum absolute atomic E-state index is 5.87. The molecule has 0 fully saturated rings. The fraction of sp³-hybridized carbons (Fsp3) is 0.846. The molecule has 0 aromatic carbocycles. The SMILES string of the molecule is CC(C)CCCCN(N)/C=C(\N)CC(C)C. The van der Waals surface area contributed by atoms with E-state index in [0.717, 1.165) is 31.0 Å². The van der Waals surface area contributed by atoms with Gasteiger partial charge in [-0.25, -0.2) is 5.84 Å². The summed E-state index contributed by atoms with van der Waals surface area (Å²) in [5.74, 6) is 7.22. The van der Waals surface area contributed by atoms with Crippen LogP contribution in [0, 0.1) is 11.8 Å². The van der Waals surface area contributed by atoms with Crippen molar-refractivity contribution in [3.63, 3.8) is 0 Å². The van der Waals surface area contributed by atoms with Crippen LogP contribution in [0.5, 0.6) is 0 Å². The van der Waals surface area contributed by atoms with Gasteiger partial charge >= 0.3 is 0 Å². The van der Waals surface area contributed by atoms with E-state index in [-0.39, 0.29) is 0 Å². The van der Waals surface area contributed by atoms with Crippen LogP contribution < -0.4 is 11.6 Å². The van der Waals surface area contributed by atoms with E-state index >= 15 is 0 Å². The van der Waals surface area contributed by atoms with Crippen LogP contribution in [0.1, 0.15) is 53.4 Å². The van der Waals surface area contributed by atoms with E-state index in [9.17, 15) is 0 Å². The van der Waals surface area contributed by atoms with Gasteiger partial charge in [-0.05, 0) is 24.7 Å². The quantitative estimate of drug-likeness (QED) is 0.381. The summed E-state index contributed by atoms with van der Waals surface area (Å²) in [7, 11) is 0. The van der Waals surface area contributed by atoms with Gasteiger partial charge in [0, 0.05) is 18.4 Å². The number of nitrogens with zero attached hydrogens (tertiary/aromatic N) is 1. The molecule has 0 saturated carbocycles. The van der Waals surface area contributed by atoms with Crippen LogP contribution in [-0.2, 0) is 0 Å². The minimum Gasteiger partial charge on any atom is -0.401 e. The number of nitrogens with two attached hydrogens (primary N) is 2. The molecule has 0 bridgehead atoms. The van der Waals surface area contributed by atoms with E-state index in [1.54, 1.807) is 5.01 Å². The smallest absolute Gasteiger partial charge is 0.0343 e. The lowest BCUT2D eigenvalue weighted by atomic mass is 10.1. The maximum Gasteiger partial charge on any atom is 0.0343 e. The van der Waals surface area contributed by atoms with Gasteiger partial charge in [-0.3, -0.25) is 0 Å². The van der Waals surface area contributed by atoms with Gasteiger partial charge in [-0.15, -0.1) is 0 Å².